The van der Waals surface area contributed by atoms with Crippen molar-refractivity contribution in [3.63, 3.8) is 0 Å². The molecule has 0 saturated carbocycles. The van der Waals surface area contributed by atoms with E-state index in [1.54, 1.807) is 0 Å². The van der Waals surface area contributed by atoms with Gasteiger partial charge in [0.1, 0.15) is 0 Å². The Morgan fingerprint density at radius 2 is 0.746 bits per heavy atom. The minimum Gasteiger partial charge on any atom is -0.309 e. The molecule has 2 heteroatoms. The van der Waals surface area contributed by atoms with Crippen LogP contribution in [0.25, 0.3) is 75.8 Å². The molecule has 1 nitrogen and oxygen atoms in total. The number of benzene rings is 10. The lowest BCUT2D eigenvalue weighted by atomic mass is 9.66. The number of thiophene rings is 1. The van der Waals surface area contributed by atoms with Crippen LogP contribution in [0.4, 0.5) is 17.1 Å². The van der Waals surface area contributed by atoms with Crippen molar-refractivity contribution in [3.8, 4) is 55.6 Å². The highest BCUT2D eigenvalue weighted by Crippen LogP contribution is 2.63. The van der Waals surface area contributed by atoms with Gasteiger partial charge in [0.05, 0.1) is 16.8 Å². The van der Waals surface area contributed by atoms with Gasteiger partial charge < -0.3 is 4.90 Å². The predicted molar refractivity (Wildman–Crippen MR) is 267 cm³/mol. The van der Waals surface area contributed by atoms with Gasteiger partial charge >= 0.3 is 0 Å². The Kier molecular flexibility index (Phi) is 8.06. The lowest BCUT2D eigenvalue weighted by molar-refractivity contribution is 0.776. The number of hydrogen-bond acceptors (Lipinski definition) is 2. The van der Waals surface area contributed by atoms with Gasteiger partial charge in [-0.2, -0.15) is 0 Å². The van der Waals surface area contributed by atoms with E-state index in [-0.39, 0.29) is 0 Å². The summed E-state index contributed by atoms with van der Waals surface area (Å²) in [6.45, 7) is 0. The molecule has 0 fully saturated rings. The maximum absolute atomic E-state index is 2.54. The molecular weight excluding hydrogens is 779 g/mol. The van der Waals surface area contributed by atoms with E-state index >= 15 is 0 Å². The van der Waals surface area contributed by atoms with Gasteiger partial charge in [0.15, 0.2) is 0 Å². The van der Waals surface area contributed by atoms with Crippen LogP contribution in [0, 0.1) is 0 Å². The van der Waals surface area contributed by atoms with Crippen LogP contribution >= 0.6 is 11.3 Å². The Labute approximate surface area is 371 Å². The lowest BCUT2D eigenvalue weighted by Crippen LogP contribution is -2.29. The van der Waals surface area contributed by atoms with E-state index in [2.05, 4.69) is 241 Å². The minimum atomic E-state index is -0.589. The van der Waals surface area contributed by atoms with Crippen LogP contribution in [0.15, 0.2) is 237 Å². The van der Waals surface area contributed by atoms with Gasteiger partial charge in [-0.15, -0.1) is 11.3 Å². The first kappa shape index (κ1) is 35.9. The van der Waals surface area contributed by atoms with Crippen molar-refractivity contribution in [2.75, 3.05) is 4.90 Å². The Morgan fingerprint density at radius 3 is 1.38 bits per heavy atom. The van der Waals surface area contributed by atoms with Crippen LogP contribution in [0.3, 0.4) is 0 Å². The fourth-order valence-electron chi connectivity index (χ4n) is 10.9. The monoisotopic (exact) mass is 817 g/mol. The van der Waals surface area contributed by atoms with Crippen LogP contribution in [0.5, 0.6) is 0 Å². The highest BCUT2D eigenvalue weighted by Gasteiger charge is 2.50. The third-order valence-electron chi connectivity index (χ3n) is 13.5. The summed E-state index contributed by atoms with van der Waals surface area (Å²) in [5.41, 5.74) is 20.3. The molecule has 0 N–H and O–H groups in total. The summed E-state index contributed by atoms with van der Waals surface area (Å²) in [6, 6.07) is 88.1. The maximum atomic E-state index is 2.54. The maximum Gasteiger partial charge on any atom is 0.0726 e. The van der Waals surface area contributed by atoms with E-state index in [9.17, 15) is 0 Å². The molecule has 0 aliphatic heterocycles. The van der Waals surface area contributed by atoms with Crippen molar-refractivity contribution in [1.82, 2.24) is 0 Å². The summed E-state index contributed by atoms with van der Waals surface area (Å²) in [6.07, 6.45) is 0. The van der Waals surface area contributed by atoms with Gasteiger partial charge in [-0.05, 0) is 109 Å². The van der Waals surface area contributed by atoms with E-state index in [1.807, 2.05) is 11.3 Å². The molecule has 1 unspecified atom stereocenters. The first-order valence-corrected chi connectivity index (χ1v) is 22.6. The summed E-state index contributed by atoms with van der Waals surface area (Å²) >= 11 is 1.90. The summed E-state index contributed by atoms with van der Waals surface area (Å²) in [4.78, 5) is 2.50. The first-order valence-electron chi connectivity index (χ1n) is 21.8. The molecule has 1 heterocycles. The van der Waals surface area contributed by atoms with E-state index in [0.717, 1.165) is 17.1 Å². The smallest absolute Gasteiger partial charge is 0.0726 e. The molecule has 1 aromatic heterocycles. The quantitative estimate of drug-likeness (QED) is 0.167. The van der Waals surface area contributed by atoms with Crippen molar-refractivity contribution in [2.24, 2.45) is 0 Å². The van der Waals surface area contributed by atoms with Crippen LogP contribution in [-0.4, -0.2) is 0 Å². The van der Waals surface area contributed by atoms with E-state index < -0.39 is 5.41 Å². The number of rotatable bonds is 5. The molecule has 63 heavy (non-hydrogen) atoms. The fourth-order valence-corrected chi connectivity index (χ4v) is 12.0. The van der Waals surface area contributed by atoms with Crippen LogP contribution in [-0.2, 0) is 5.41 Å². The van der Waals surface area contributed by atoms with Gasteiger partial charge in [0.2, 0.25) is 0 Å². The molecule has 11 aromatic rings. The average molecular weight is 818 g/mol. The molecular formula is C61H39NS. The Hall–Kier alpha value is -7.78. The van der Waals surface area contributed by atoms with Gasteiger partial charge in [-0.25, -0.2) is 0 Å². The molecule has 2 aliphatic rings. The second-order valence-electron chi connectivity index (χ2n) is 16.7. The van der Waals surface area contributed by atoms with Crippen molar-refractivity contribution in [3.05, 3.63) is 259 Å². The first-order chi connectivity index (χ1) is 31.3. The summed E-state index contributed by atoms with van der Waals surface area (Å²) < 4.78 is 2.64. The van der Waals surface area contributed by atoms with Gasteiger partial charge in [-0.3, -0.25) is 0 Å². The molecule has 13 rings (SSSR count). The number of fused-ring (bicyclic) bond motifs is 15. The Bertz CT molecular complexity index is 3500. The molecule has 0 radical (unpaired) electrons. The molecule has 10 aromatic carbocycles. The Balaban J connectivity index is 1.15. The zero-order chi connectivity index (χ0) is 41.5. The molecule has 0 saturated heterocycles. The van der Waals surface area contributed by atoms with Crippen LogP contribution in [0.2, 0.25) is 0 Å². The van der Waals surface area contributed by atoms with Crippen LogP contribution in [0.1, 0.15) is 22.3 Å². The number of anilines is 3. The number of nitrogens with zero attached hydrogens (tertiary/aromatic N) is 1. The van der Waals surface area contributed by atoms with Crippen molar-refractivity contribution in [2.45, 2.75) is 5.41 Å². The molecule has 2 aliphatic carbocycles. The largest absolute Gasteiger partial charge is 0.309 e. The van der Waals surface area contributed by atoms with E-state index in [1.165, 1.54) is 98.1 Å². The SMILES string of the molecule is c1ccc(-c2ccccc2N(c2ccc3c(c2)-c2ccccc2-c2ccccc2C32c3ccccc3-c3cc4c(cc32)sc2ccccc24)c2ccccc2-c2ccccc2)cc1. The zero-order valence-corrected chi connectivity index (χ0v) is 35.2. The average Bonchev–Trinajstić information content (AvgIpc) is 3.83. The molecule has 1 atom stereocenters. The van der Waals surface area contributed by atoms with Crippen molar-refractivity contribution in [1.29, 1.82) is 0 Å². The second-order valence-corrected chi connectivity index (χ2v) is 17.8. The fraction of sp³-hybridized carbons (Fsp3) is 0.0164. The van der Waals surface area contributed by atoms with Crippen molar-refractivity contribution < 1.29 is 0 Å². The van der Waals surface area contributed by atoms with E-state index in [4.69, 9.17) is 0 Å². The zero-order valence-electron chi connectivity index (χ0n) is 34.4. The number of para-hydroxylation sites is 2. The van der Waals surface area contributed by atoms with Crippen molar-refractivity contribution >= 4 is 48.6 Å². The normalized spacial score (nSPS) is 14.4. The highest BCUT2D eigenvalue weighted by atomic mass is 32.1. The van der Waals surface area contributed by atoms with Crippen LogP contribution < -0.4 is 4.90 Å². The van der Waals surface area contributed by atoms with Gasteiger partial charge in [0, 0.05) is 37.0 Å². The molecule has 294 valence electrons. The predicted octanol–water partition coefficient (Wildman–Crippen LogP) is 16.9. The van der Waals surface area contributed by atoms with Gasteiger partial charge in [0.25, 0.3) is 0 Å². The minimum absolute atomic E-state index is 0.589. The standard InChI is InChI=1S/C61H39NS/c1-3-19-40(20-4-1)43-23-11-16-32-57(43)62(58-33-17-12-24-44(58)41-21-5-2-6-22-41)42-35-36-55-50(37-42)46-26-8-7-25-45(46)47-27-9-14-30-53(47)61(55)54-31-15-10-28-48(54)51-38-52-49-29-13-18-34-59(49)63-60(52)39-56(51)61/h1-39H. The summed E-state index contributed by atoms with van der Waals surface area (Å²) in [7, 11) is 0. The topological polar surface area (TPSA) is 3.24 Å². The molecule has 1 spiro atoms. The Morgan fingerprint density at radius 1 is 0.286 bits per heavy atom. The third kappa shape index (κ3) is 5.29. The third-order valence-corrected chi connectivity index (χ3v) is 14.6. The molecule has 0 bridgehead atoms. The van der Waals surface area contributed by atoms with Gasteiger partial charge in [-0.1, -0.05) is 194 Å². The lowest BCUT2D eigenvalue weighted by Gasteiger charge is -2.36. The number of hydrogen-bond donors (Lipinski definition) is 0. The second kappa shape index (κ2) is 14.1. The van der Waals surface area contributed by atoms with E-state index in [0.29, 0.717) is 0 Å². The highest BCUT2D eigenvalue weighted by molar-refractivity contribution is 7.25. The summed E-state index contributed by atoms with van der Waals surface area (Å²) in [5, 5.41) is 2.65. The molecule has 0 amide bonds. The summed E-state index contributed by atoms with van der Waals surface area (Å²) in [5.74, 6) is 0.